The van der Waals surface area contributed by atoms with Crippen molar-refractivity contribution in [3.63, 3.8) is 0 Å². The smallest absolute Gasteiger partial charge is 0.336 e. The van der Waals surface area contributed by atoms with Gasteiger partial charge in [0.25, 0.3) is 0 Å². The molecule has 2 heterocycles. The fraction of sp³-hybridized carbons (Fsp3) is 0.217. The Morgan fingerprint density at radius 1 is 1.00 bits per heavy atom. The number of hydrogen-bond donors (Lipinski definition) is 1. The quantitative estimate of drug-likeness (QED) is 0.428. The standard InChI is InChI=1S/C23H22N4O4S2/c1-23(2,3)17-11-9-16(10-12-17)20-26-27-22(31-20)33(29,30)14-19(28)25-21-24-18(13-32-21)15-7-5-4-6-8-15/h4-13H,14H2,1-3H3,(H,24,25,28). The molecule has 0 bridgehead atoms. The molecular formula is C23H22N4O4S2. The molecule has 170 valence electrons. The Hall–Kier alpha value is -3.37. The molecule has 4 rings (SSSR count). The molecule has 1 amide bonds. The second kappa shape index (κ2) is 8.87. The maximum atomic E-state index is 12.6. The summed E-state index contributed by atoms with van der Waals surface area (Å²) in [6, 6.07) is 16.9. The highest BCUT2D eigenvalue weighted by Crippen LogP contribution is 2.27. The number of aromatic nitrogens is 3. The SMILES string of the molecule is CC(C)(C)c1ccc(-c2nnc(S(=O)(=O)CC(=O)Nc3nc(-c4ccccc4)cs3)o2)cc1. The van der Waals surface area contributed by atoms with Crippen molar-refractivity contribution in [1.29, 1.82) is 0 Å². The van der Waals surface area contributed by atoms with Crippen molar-refractivity contribution in [1.82, 2.24) is 15.2 Å². The van der Waals surface area contributed by atoms with Crippen LogP contribution in [0.2, 0.25) is 0 Å². The first-order valence-corrected chi connectivity index (χ1v) is 12.6. The number of nitrogens with zero attached hydrogens (tertiary/aromatic N) is 3. The van der Waals surface area contributed by atoms with Gasteiger partial charge in [0, 0.05) is 16.5 Å². The summed E-state index contributed by atoms with van der Waals surface area (Å²) in [6.07, 6.45) is 0. The van der Waals surface area contributed by atoms with Crippen molar-refractivity contribution in [2.75, 3.05) is 11.1 Å². The molecule has 0 fully saturated rings. The number of sulfone groups is 1. The Labute approximate surface area is 195 Å². The normalized spacial score (nSPS) is 12.0. The zero-order valence-corrected chi connectivity index (χ0v) is 19.9. The third kappa shape index (κ3) is 5.35. The highest BCUT2D eigenvalue weighted by molar-refractivity contribution is 7.91. The summed E-state index contributed by atoms with van der Waals surface area (Å²) in [4.78, 5) is 16.7. The lowest BCUT2D eigenvalue weighted by atomic mass is 9.87. The molecule has 0 spiro atoms. The molecule has 0 atom stereocenters. The van der Waals surface area contributed by atoms with E-state index in [9.17, 15) is 13.2 Å². The molecule has 0 saturated heterocycles. The van der Waals surface area contributed by atoms with E-state index < -0.39 is 26.7 Å². The highest BCUT2D eigenvalue weighted by Gasteiger charge is 2.27. The molecule has 0 aliphatic rings. The number of carbonyl (C=O) groups is 1. The van der Waals surface area contributed by atoms with E-state index in [1.165, 1.54) is 11.3 Å². The molecule has 2 aromatic heterocycles. The monoisotopic (exact) mass is 482 g/mol. The van der Waals surface area contributed by atoms with Crippen molar-refractivity contribution < 1.29 is 17.6 Å². The number of nitrogens with one attached hydrogen (secondary N) is 1. The predicted octanol–water partition coefficient (Wildman–Crippen LogP) is 4.57. The van der Waals surface area contributed by atoms with Crippen LogP contribution in [0.25, 0.3) is 22.7 Å². The Morgan fingerprint density at radius 3 is 2.36 bits per heavy atom. The summed E-state index contributed by atoms with van der Waals surface area (Å²) in [5.74, 6) is -1.50. The van der Waals surface area contributed by atoms with E-state index >= 15 is 0 Å². The molecule has 8 nitrogen and oxygen atoms in total. The van der Waals surface area contributed by atoms with Gasteiger partial charge in [-0.2, -0.15) is 0 Å². The van der Waals surface area contributed by atoms with Crippen LogP contribution in [0.15, 0.2) is 69.6 Å². The van der Waals surface area contributed by atoms with Crippen LogP contribution in [0, 0.1) is 0 Å². The molecule has 0 saturated carbocycles. The number of carbonyl (C=O) groups excluding carboxylic acids is 1. The van der Waals surface area contributed by atoms with Gasteiger partial charge in [0.2, 0.25) is 21.6 Å². The lowest BCUT2D eigenvalue weighted by Crippen LogP contribution is -2.23. The summed E-state index contributed by atoms with van der Waals surface area (Å²) in [5, 5.41) is 11.5. The van der Waals surface area contributed by atoms with E-state index in [2.05, 4.69) is 41.3 Å². The first-order valence-electron chi connectivity index (χ1n) is 10.1. The molecule has 2 aromatic carbocycles. The number of rotatable bonds is 6. The third-order valence-electron chi connectivity index (χ3n) is 4.81. The van der Waals surface area contributed by atoms with Crippen LogP contribution < -0.4 is 5.32 Å². The van der Waals surface area contributed by atoms with Crippen molar-refractivity contribution in [2.45, 2.75) is 31.4 Å². The predicted molar refractivity (Wildman–Crippen MR) is 127 cm³/mol. The van der Waals surface area contributed by atoms with Gasteiger partial charge in [-0.1, -0.05) is 68.3 Å². The van der Waals surface area contributed by atoms with E-state index in [4.69, 9.17) is 4.42 Å². The van der Waals surface area contributed by atoms with Crippen molar-refractivity contribution in [3.8, 4) is 22.7 Å². The van der Waals surface area contributed by atoms with Gasteiger partial charge >= 0.3 is 5.22 Å². The zero-order chi connectivity index (χ0) is 23.6. The van der Waals surface area contributed by atoms with E-state index in [0.717, 1.165) is 11.1 Å². The minimum Gasteiger partial charge on any atom is -0.408 e. The summed E-state index contributed by atoms with van der Waals surface area (Å²) >= 11 is 1.21. The molecule has 0 unspecified atom stereocenters. The first-order chi connectivity index (χ1) is 15.6. The second-order valence-corrected chi connectivity index (χ2v) is 11.1. The fourth-order valence-corrected chi connectivity index (χ4v) is 4.68. The largest absolute Gasteiger partial charge is 0.408 e. The van der Waals surface area contributed by atoms with Crippen molar-refractivity contribution >= 4 is 32.2 Å². The topological polar surface area (TPSA) is 115 Å². The Balaban J connectivity index is 1.43. The summed E-state index contributed by atoms with van der Waals surface area (Å²) < 4.78 is 30.6. The van der Waals surface area contributed by atoms with Crippen LogP contribution in [0.4, 0.5) is 5.13 Å². The first kappa shape index (κ1) is 22.8. The molecule has 33 heavy (non-hydrogen) atoms. The van der Waals surface area contributed by atoms with Gasteiger partial charge in [0.1, 0.15) is 5.75 Å². The highest BCUT2D eigenvalue weighted by atomic mass is 32.2. The van der Waals surface area contributed by atoms with E-state index in [-0.39, 0.29) is 11.3 Å². The van der Waals surface area contributed by atoms with E-state index in [0.29, 0.717) is 16.4 Å². The maximum absolute atomic E-state index is 12.6. The van der Waals surface area contributed by atoms with Crippen LogP contribution in [0.3, 0.4) is 0 Å². The number of benzene rings is 2. The van der Waals surface area contributed by atoms with Crippen LogP contribution in [-0.2, 0) is 20.0 Å². The second-order valence-electron chi connectivity index (χ2n) is 8.41. The minimum atomic E-state index is -4.12. The average Bonchev–Trinajstić information content (AvgIpc) is 3.44. The molecular weight excluding hydrogens is 460 g/mol. The number of hydrogen-bond acceptors (Lipinski definition) is 8. The lowest BCUT2D eigenvalue weighted by molar-refractivity contribution is -0.113. The summed E-state index contributed by atoms with van der Waals surface area (Å²) in [6.45, 7) is 6.29. The molecule has 0 radical (unpaired) electrons. The van der Waals surface area contributed by atoms with Crippen molar-refractivity contribution in [2.24, 2.45) is 0 Å². The maximum Gasteiger partial charge on any atom is 0.336 e. The summed E-state index contributed by atoms with van der Waals surface area (Å²) in [5.41, 5.74) is 3.29. The fourth-order valence-electron chi connectivity index (χ4n) is 3.03. The van der Waals surface area contributed by atoms with Gasteiger partial charge in [-0.05, 0) is 23.1 Å². The molecule has 0 aliphatic heterocycles. The molecule has 1 N–H and O–H groups in total. The van der Waals surface area contributed by atoms with Gasteiger partial charge in [-0.3, -0.25) is 4.79 Å². The van der Waals surface area contributed by atoms with Crippen LogP contribution in [-0.4, -0.2) is 35.3 Å². The molecule has 4 aromatic rings. The Kier molecular flexibility index (Phi) is 6.13. The summed E-state index contributed by atoms with van der Waals surface area (Å²) in [7, 11) is -4.12. The van der Waals surface area contributed by atoms with Gasteiger partial charge in [0.05, 0.1) is 5.69 Å². The van der Waals surface area contributed by atoms with Crippen LogP contribution in [0.1, 0.15) is 26.3 Å². The van der Waals surface area contributed by atoms with E-state index in [1.807, 2.05) is 42.5 Å². The average molecular weight is 483 g/mol. The Bertz CT molecular complexity index is 1370. The molecule has 10 heteroatoms. The van der Waals surface area contributed by atoms with Gasteiger partial charge in [-0.15, -0.1) is 16.4 Å². The third-order valence-corrected chi connectivity index (χ3v) is 6.91. The number of thiazole rings is 1. The van der Waals surface area contributed by atoms with Crippen LogP contribution in [0.5, 0.6) is 0 Å². The van der Waals surface area contributed by atoms with Gasteiger partial charge in [-0.25, -0.2) is 13.4 Å². The minimum absolute atomic E-state index is 0.0193. The van der Waals surface area contributed by atoms with Gasteiger partial charge in [0.15, 0.2) is 5.13 Å². The lowest BCUT2D eigenvalue weighted by Gasteiger charge is -2.18. The molecule has 0 aliphatic carbocycles. The van der Waals surface area contributed by atoms with Gasteiger partial charge < -0.3 is 9.73 Å². The van der Waals surface area contributed by atoms with Crippen molar-refractivity contribution in [3.05, 3.63) is 65.5 Å². The number of amides is 1. The Morgan fingerprint density at radius 2 is 1.70 bits per heavy atom. The van der Waals surface area contributed by atoms with Crippen LogP contribution >= 0.6 is 11.3 Å². The van der Waals surface area contributed by atoms with E-state index in [1.54, 1.807) is 17.5 Å². The number of anilines is 1. The zero-order valence-electron chi connectivity index (χ0n) is 18.3.